The molecule has 0 aliphatic heterocycles. The third-order valence-electron chi connectivity index (χ3n) is 3.38. The van der Waals surface area contributed by atoms with E-state index in [0.717, 1.165) is 6.42 Å². The number of hydrogen-bond acceptors (Lipinski definition) is 4. The normalized spacial score (nSPS) is 10.6. The lowest BCUT2D eigenvalue weighted by atomic mass is 10.2. The van der Waals surface area contributed by atoms with Crippen molar-refractivity contribution < 1.29 is 14.3 Å². The van der Waals surface area contributed by atoms with Crippen molar-refractivity contribution in [3.63, 3.8) is 0 Å². The highest BCUT2D eigenvalue weighted by molar-refractivity contribution is 6.38. The molecule has 2 amide bonds. The summed E-state index contributed by atoms with van der Waals surface area (Å²) in [5.74, 6) is -0.158. The minimum absolute atomic E-state index is 0.222. The summed E-state index contributed by atoms with van der Waals surface area (Å²) in [6.07, 6.45) is 2.25. The summed E-state index contributed by atoms with van der Waals surface area (Å²) < 4.78 is 5.46. The predicted molar refractivity (Wildman–Crippen MR) is 107 cm³/mol. The third-order valence-corrected chi connectivity index (χ3v) is 4.04. The quantitative estimate of drug-likeness (QED) is 0.517. The molecule has 2 N–H and O–H groups in total. The largest absolute Gasteiger partial charge is 0.494 e. The lowest BCUT2D eigenvalue weighted by molar-refractivity contribution is -0.120. The molecule has 0 fully saturated rings. The molecule has 2 aromatic carbocycles. The predicted octanol–water partition coefficient (Wildman–Crippen LogP) is 3.66. The van der Waals surface area contributed by atoms with Crippen LogP contribution in [0.1, 0.15) is 29.3 Å². The van der Waals surface area contributed by atoms with E-state index in [1.165, 1.54) is 6.21 Å². The second kappa shape index (κ2) is 10.5. The monoisotopic (exact) mass is 407 g/mol. The molecule has 0 bridgehead atoms. The van der Waals surface area contributed by atoms with Crippen molar-refractivity contribution in [1.29, 1.82) is 0 Å². The fourth-order valence-electron chi connectivity index (χ4n) is 2.03. The summed E-state index contributed by atoms with van der Waals surface area (Å²) >= 11 is 12.0. The number of hydrogen-bond donors (Lipinski definition) is 2. The van der Waals surface area contributed by atoms with Crippen LogP contribution in [0.5, 0.6) is 5.75 Å². The Morgan fingerprint density at radius 1 is 1.11 bits per heavy atom. The van der Waals surface area contributed by atoms with E-state index >= 15 is 0 Å². The molecule has 0 spiro atoms. The van der Waals surface area contributed by atoms with Crippen molar-refractivity contribution in [1.82, 2.24) is 10.7 Å². The minimum Gasteiger partial charge on any atom is -0.494 e. The van der Waals surface area contributed by atoms with Crippen LogP contribution < -0.4 is 15.5 Å². The molecule has 0 aliphatic rings. The minimum atomic E-state index is -0.481. The van der Waals surface area contributed by atoms with Crippen LogP contribution in [-0.4, -0.2) is 31.2 Å². The maximum Gasteiger partial charge on any atom is 0.259 e. The van der Waals surface area contributed by atoms with Crippen molar-refractivity contribution in [2.45, 2.75) is 13.3 Å². The Balaban J connectivity index is 1.81. The Morgan fingerprint density at radius 2 is 1.78 bits per heavy atom. The number of ether oxygens (including phenoxy) is 1. The zero-order valence-electron chi connectivity index (χ0n) is 14.7. The van der Waals surface area contributed by atoms with Gasteiger partial charge in [0.15, 0.2) is 0 Å². The molecular formula is C19H19Cl2N3O3. The Kier molecular flexibility index (Phi) is 8.10. The van der Waals surface area contributed by atoms with Gasteiger partial charge in [0.2, 0.25) is 0 Å². The molecule has 0 saturated carbocycles. The zero-order chi connectivity index (χ0) is 19.6. The number of halogens is 2. The molecule has 0 atom stereocenters. The van der Waals surface area contributed by atoms with Crippen LogP contribution in [0.2, 0.25) is 10.0 Å². The molecule has 2 aromatic rings. The number of carbonyl (C=O) groups excluding carboxylic acids is 2. The fraction of sp³-hybridized carbons (Fsp3) is 0.211. The van der Waals surface area contributed by atoms with Gasteiger partial charge in [-0.05, 0) is 42.8 Å². The fourth-order valence-corrected chi connectivity index (χ4v) is 2.52. The molecule has 0 unspecified atom stereocenters. The Labute approximate surface area is 167 Å². The molecule has 27 heavy (non-hydrogen) atoms. The van der Waals surface area contributed by atoms with Gasteiger partial charge in [-0.3, -0.25) is 9.59 Å². The maximum atomic E-state index is 12.1. The standard InChI is InChI=1S/C19H19Cl2N3O3/c1-2-10-27-14-8-6-13(7-9-14)19(26)22-12-18(25)24-23-11-15-16(20)4-3-5-17(15)21/h3-9,11H,2,10,12H2,1H3,(H,22,26)(H,24,25)/b23-11+. The van der Waals surface area contributed by atoms with Gasteiger partial charge in [-0.1, -0.05) is 36.2 Å². The molecule has 6 nitrogen and oxygen atoms in total. The van der Waals surface area contributed by atoms with E-state index in [2.05, 4.69) is 15.8 Å². The van der Waals surface area contributed by atoms with Gasteiger partial charge in [-0.2, -0.15) is 5.10 Å². The molecule has 0 heterocycles. The van der Waals surface area contributed by atoms with Crippen LogP contribution in [0.4, 0.5) is 0 Å². The van der Waals surface area contributed by atoms with Crippen molar-refractivity contribution in [2.24, 2.45) is 5.10 Å². The second-order valence-corrected chi connectivity index (χ2v) is 6.30. The Morgan fingerprint density at radius 3 is 2.41 bits per heavy atom. The van der Waals surface area contributed by atoms with Gasteiger partial charge in [-0.25, -0.2) is 5.43 Å². The molecule has 0 saturated heterocycles. The first kappa shape index (κ1) is 20.7. The van der Waals surface area contributed by atoms with Crippen molar-refractivity contribution in [3.05, 3.63) is 63.6 Å². The highest BCUT2D eigenvalue weighted by Crippen LogP contribution is 2.21. The Hall–Kier alpha value is -2.57. The van der Waals surface area contributed by atoms with Crippen molar-refractivity contribution in [2.75, 3.05) is 13.2 Å². The Bertz CT molecular complexity index is 803. The number of carbonyl (C=O) groups is 2. The van der Waals surface area contributed by atoms with Gasteiger partial charge < -0.3 is 10.1 Å². The zero-order valence-corrected chi connectivity index (χ0v) is 16.2. The van der Waals surface area contributed by atoms with Crippen LogP contribution in [0, 0.1) is 0 Å². The topological polar surface area (TPSA) is 79.8 Å². The molecule has 2 rings (SSSR count). The second-order valence-electron chi connectivity index (χ2n) is 5.48. The van der Waals surface area contributed by atoms with Crippen LogP contribution in [-0.2, 0) is 4.79 Å². The van der Waals surface area contributed by atoms with Crippen LogP contribution >= 0.6 is 23.2 Å². The number of amides is 2. The lowest BCUT2D eigenvalue weighted by Crippen LogP contribution is -2.34. The van der Waals surface area contributed by atoms with E-state index in [9.17, 15) is 9.59 Å². The molecule has 0 aliphatic carbocycles. The van der Waals surface area contributed by atoms with Crippen molar-refractivity contribution in [3.8, 4) is 5.75 Å². The van der Waals surface area contributed by atoms with E-state index in [4.69, 9.17) is 27.9 Å². The highest BCUT2D eigenvalue weighted by Gasteiger charge is 2.08. The summed E-state index contributed by atoms with van der Waals surface area (Å²) in [4.78, 5) is 23.8. The molecular weight excluding hydrogens is 389 g/mol. The van der Waals surface area contributed by atoms with Gasteiger partial charge in [0.05, 0.1) is 29.4 Å². The van der Waals surface area contributed by atoms with Gasteiger partial charge in [0, 0.05) is 11.1 Å². The first-order chi connectivity index (χ1) is 13.0. The van der Waals surface area contributed by atoms with Crippen LogP contribution in [0.25, 0.3) is 0 Å². The maximum absolute atomic E-state index is 12.1. The first-order valence-corrected chi connectivity index (χ1v) is 9.04. The summed E-state index contributed by atoms with van der Waals surface area (Å²) in [7, 11) is 0. The van der Waals surface area contributed by atoms with Gasteiger partial charge >= 0.3 is 0 Å². The van der Waals surface area contributed by atoms with Gasteiger partial charge in [-0.15, -0.1) is 0 Å². The van der Waals surface area contributed by atoms with E-state index in [0.29, 0.717) is 33.5 Å². The summed E-state index contributed by atoms with van der Waals surface area (Å²) in [5, 5.41) is 7.14. The molecule has 142 valence electrons. The number of nitrogens with one attached hydrogen (secondary N) is 2. The highest BCUT2D eigenvalue weighted by atomic mass is 35.5. The summed E-state index contributed by atoms with van der Waals surface area (Å²) in [5.41, 5.74) is 3.23. The number of rotatable bonds is 8. The van der Waals surface area contributed by atoms with E-state index in [1.54, 1.807) is 42.5 Å². The summed E-state index contributed by atoms with van der Waals surface area (Å²) in [6, 6.07) is 11.7. The number of benzene rings is 2. The molecule has 0 aromatic heterocycles. The smallest absolute Gasteiger partial charge is 0.259 e. The average molecular weight is 408 g/mol. The van der Waals surface area contributed by atoms with Crippen LogP contribution in [0.3, 0.4) is 0 Å². The van der Waals surface area contributed by atoms with E-state index in [1.807, 2.05) is 6.92 Å². The van der Waals surface area contributed by atoms with Crippen LogP contribution in [0.15, 0.2) is 47.6 Å². The molecule has 0 radical (unpaired) electrons. The molecule has 8 heteroatoms. The van der Waals surface area contributed by atoms with Gasteiger partial charge in [0.25, 0.3) is 11.8 Å². The van der Waals surface area contributed by atoms with Crippen molar-refractivity contribution >= 4 is 41.2 Å². The summed E-state index contributed by atoms with van der Waals surface area (Å²) in [6.45, 7) is 2.41. The van der Waals surface area contributed by atoms with E-state index in [-0.39, 0.29) is 12.5 Å². The average Bonchev–Trinajstić information content (AvgIpc) is 2.67. The van der Waals surface area contributed by atoms with E-state index < -0.39 is 5.91 Å². The number of hydrazone groups is 1. The SMILES string of the molecule is CCCOc1ccc(C(=O)NCC(=O)N/N=C/c2c(Cl)cccc2Cl)cc1. The first-order valence-electron chi connectivity index (χ1n) is 8.28. The lowest BCUT2D eigenvalue weighted by Gasteiger charge is -2.07. The van der Waals surface area contributed by atoms with Gasteiger partial charge in [0.1, 0.15) is 5.75 Å². The number of nitrogens with zero attached hydrogens (tertiary/aromatic N) is 1. The third kappa shape index (κ3) is 6.58.